The molecule has 0 radical (unpaired) electrons. The van der Waals surface area contributed by atoms with Gasteiger partial charge in [-0.15, -0.1) is 0 Å². The van der Waals surface area contributed by atoms with Crippen LogP contribution in [-0.4, -0.2) is 42.9 Å². The van der Waals surface area contributed by atoms with Gasteiger partial charge >= 0.3 is 0 Å². The molecular formula is C23H34N4O3. The molecule has 1 unspecified atom stereocenters. The van der Waals surface area contributed by atoms with Gasteiger partial charge in [0.15, 0.2) is 5.96 Å². The number of methoxy groups -OCH3 is 1. The molecule has 0 saturated carbocycles. The van der Waals surface area contributed by atoms with Crippen LogP contribution in [-0.2, 0) is 6.54 Å². The van der Waals surface area contributed by atoms with Crippen molar-refractivity contribution in [2.45, 2.75) is 39.7 Å². The van der Waals surface area contributed by atoms with Crippen molar-refractivity contribution < 1.29 is 14.6 Å². The van der Waals surface area contributed by atoms with Crippen molar-refractivity contribution in [2.75, 3.05) is 26.8 Å². The fraction of sp³-hybridized carbons (Fsp3) is 0.478. The van der Waals surface area contributed by atoms with E-state index in [2.05, 4.69) is 27.5 Å². The molecule has 2 rings (SSSR count). The van der Waals surface area contributed by atoms with Crippen LogP contribution < -0.4 is 20.1 Å². The molecule has 7 heteroatoms. The summed E-state index contributed by atoms with van der Waals surface area (Å²) in [5.74, 6) is 3.15. The quantitative estimate of drug-likeness (QED) is 0.362. The Kier molecular flexibility index (Phi) is 10.5. The molecule has 1 aromatic heterocycles. The maximum atomic E-state index is 9.23. The summed E-state index contributed by atoms with van der Waals surface area (Å²) in [7, 11) is 1.62. The molecule has 0 bridgehead atoms. The van der Waals surface area contributed by atoms with Crippen LogP contribution in [0.3, 0.4) is 0 Å². The maximum absolute atomic E-state index is 9.23. The number of pyridine rings is 1. The number of hydrogen-bond donors (Lipinski definition) is 3. The number of aromatic nitrogens is 1. The van der Waals surface area contributed by atoms with E-state index in [1.165, 1.54) is 0 Å². The lowest BCUT2D eigenvalue weighted by Gasteiger charge is -2.18. The average Bonchev–Trinajstić information content (AvgIpc) is 2.77. The molecule has 1 aromatic carbocycles. The zero-order chi connectivity index (χ0) is 21.6. The molecule has 0 aliphatic rings. The molecule has 0 aliphatic carbocycles. The predicted molar refractivity (Wildman–Crippen MR) is 120 cm³/mol. The molecule has 0 saturated heterocycles. The number of ether oxygens (including phenoxy) is 2. The zero-order valence-electron chi connectivity index (χ0n) is 18.2. The number of rotatable bonds is 12. The number of benzene rings is 1. The second-order valence-corrected chi connectivity index (χ2v) is 7.03. The second kappa shape index (κ2) is 13.4. The molecule has 0 aliphatic heterocycles. The molecule has 1 atom stereocenters. The van der Waals surface area contributed by atoms with Crippen LogP contribution in [0.1, 0.15) is 38.7 Å². The zero-order valence-corrected chi connectivity index (χ0v) is 18.2. The minimum Gasteiger partial charge on any atom is -0.497 e. The van der Waals surface area contributed by atoms with Crippen LogP contribution in [0.25, 0.3) is 0 Å². The van der Waals surface area contributed by atoms with E-state index < -0.39 is 0 Å². The van der Waals surface area contributed by atoms with E-state index >= 15 is 0 Å². The number of hydrogen-bond acceptors (Lipinski definition) is 5. The van der Waals surface area contributed by atoms with Crippen LogP contribution in [0.2, 0.25) is 0 Å². The summed E-state index contributed by atoms with van der Waals surface area (Å²) in [5, 5.41) is 15.9. The lowest BCUT2D eigenvalue weighted by Crippen LogP contribution is -2.40. The molecule has 0 spiro atoms. The maximum Gasteiger partial charge on any atom is 0.219 e. The minimum absolute atomic E-state index is 0.218. The topological polar surface area (TPSA) is 88.0 Å². The summed E-state index contributed by atoms with van der Waals surface area (Å²) in [6.07, 6.45) is 4.77. The summed E-state index contributed by atoms with van der Waals surface area (Å²) in [6.45, 7) is 6.52. The van der Waals surface area contributed by atoms with Gasteiger partial charge in [-0.2, -0.15) is 0 Å². The third kappa shape index (κ3) is 8.29. The summed E-state index contributed by atoms with van der Waals surface area (Å²) in [5.41, 5.74) is 0.991. The molecular weight excluding hydrogens is 380 g/mol. The van der Waals surface area contributed by atoms with E-state index in [9.17, 15) is 5.11 Å². The fourth-order valence-corrected chi connectivity index (χ4v) is 3.04. The molecule has 2 aromatic rings. The van der Waals surface area contributed by atoms with E-state index in [0.717, 1.165) is 49.6 Å². The van der Waals surface area contributed by atoms with E-state index in [1.807, 2.05) is 43.3 Å². The first-order valence-corrected chi connectivity index (χ1v) is 10.6. The van der Waals surface area contributed by atoms with Gasteiger partial charge in [0.2, 0.25) is 5.88 Å². The SMILES string of the molecule is CCCC(CCO)CNC(=NCc1ccc(Oc2cccc(OC)c2)nc1)NCC. The Balaban J connectivity index is 1.93. The minimum atomic E-state index is 0.218. The third-order valence-corrected chi connectivity index (χ3v) is 4.62. The number of aliphatic hydroxyl groups excluding tert-OH is 1. The molecule has 30 heavy (non-hydrogen) atoms. The van der Waals surface area contributed by atoms with Crippen LogP contribution in [0.15, 0.2) is 47.6 Å². The highest BCUT2D eigenvalue weighted by Gasteiger charge is 2.08. The fourth-order valence-electron chi connectivity index (χ4n) is 3.04. The number of aliphatic imine (C=N–C) groups is 1. The summed E-state index contributed by atoms with van der Waals surface area (Å²) >= 11 is 0. The second-order valence-electron chi connectivity index (χ2n) is 7.03. The molecule has 0 fully saturated rings. The highest BCUT2D eigenvalue weighted by atomic mass is 16.5. The molecule has 0 amide bonds. The van der Waals surface area contributed by atoms with Crippen LogP contribution >= 0.6 is 0 Å². The summed E-state index contributed by atoms with van der Waals surface area (Å²) in [4.78, 5) is 9.02. The van der Waals surface area contributed by atoms with E-state index in [1.54, 1.807) is 13.3 Å². The predicted octanol–water partition coefficient (Wildman–Crippen LogP) is 3.74. The van der Waals surface area contributed by atoms with Gasteiger partial charge in [-0.3, -0.25) is 0 Å². The van der Waals surface area contributed by atoms with Crippen molar-refractivity contribution in [1.82, 2.24) is 15.6 Å². The van der Waals surface area contributed by atoms with Gasteiger partial charge in [-0.25, -0.2) is 9.98 Å². The largest absolute Gasteiger partial charge is 0.497 e. The Labute approximate surface area is 179 Å². The van der Waals surface area contributed by atoms with Crippen LogP contribution in [0.4, 0.5) is 0 Å². The van der Waals surface area contributed by atoms with Gasteiger partial charge in [-0.1, -0.05) is 25.5 Å². The average molecular weight is 415 g/mol. The Morgan fingerprint density at radius 1 is 1.13 bits per heavy atom. The van der Waals surface area contributed by atoms with E-state index in [-0.39, 0.29) is 6.61 Å². The number of guanidine groups is 1. The smallest absolute Gasteiger partial charge is 0.219 e. The molecule has 164 valence electrons. The lowest BCUT2D eigenvalue weighted by molar-refractivity contribution is 0.251. The molecule has 1 heterocycles. The standard InChI is InChI=1S/C23H34N4O3/c1-4-7-18(12-13-28)15-26-23(24-5-2)27-17-19-10-11-22(25-16-19)30-21-9-6-8-20(14-21)29-3/h6,8-11,14,16,18,28H,4-5,7,12-13,15,17H2,1-3H3,(H2,24,26,27). The Hall–Kier alpha value is -2.80. The van der Waals surface area contributed by atoms with E-state index in [0.29, 0.717) is 24.1 Å². The number of aliphatic hydroxyl groups is 1. The highest BCUT2D eigenvalue weighted by molar-refractivity contribution is 5.79. The van der Waals surface area contributed by atoms with Gasteiger partial charge < -0.3 is 25.2 Å². The van der Waals surface area contributed by atoms with Crippen molar-refractivity contribution in [3.05, 3.63) is 48.2 Å². The summed E-state index contributed by atoms with van der Waals surface area (Å²) in [6, 6.07) is 11.2. The third-order valence-electron chi connectivity index (χ3n) is 4.62. The van der Waals surface area contributed by atoms with Gasteiger partial charge in [-0.05, 0) is 43.4 Å². The number of nitrogens with zero attached hydrogens (tertiary/aromatic N) is 2. The van der Waals surface area contributed by atoms with E-state index in [4.69, 9.17) is 9.47 Å². The van der Waals surface area contributed by atoms with Crippen molar-refractivity contribution >= 4 is 5.96 Å². The van der Waals surface area contributed by atoms with Crippen LogP contribution in [0, 0.1) is 5.92 Å². The molecule has 7 nitrogen and oxygen atoms in total. The molecule has 3 N–H and O–H groups in total. The van der Waals surface area contributed by atoms with Gasteiger partial charge in [0.25, 0.3) is 0 Å². The van der Waals surface area contributed by atoms with Crippen molar-refractivity contribution in [2.24, 2.45) is 10.9 Å². The highest BCUT2D eigenvalue weighted by Crippen LogP contribution is 2.23. The van der Waals surface area contributed by atoms with Gasteiger partial charge in [0.1, 0.15) is 11.5 Å². The van der Waals surface area contributed by atoms with Crippen molar-refractivity contribution in [1.29, 1.82) is 0 Å². The summed E-state index contributed by atoms with van der Waals surface area (Å²) < 4.78 is 11.0. The monoisotopic (exact) mass is 414 g/mol. The first kappa shape index (κ1) is 23.5. The Bertz CT molecular complexity index is 759. The first-order chi connectivity index (χ1) is 14.7. The van der Waals surface area contributed by atoms with Crippen molar-refractivity contribution in [3.63, 3.8) is 0 Å². The van der Waals surface area contributed by atoms with Gasteiger partial charge in [0.05, 0.1) is 13.7 Å². The van der Waals surface area contributed by atoms with Crippen molar-refractivity contribution in [3.8, 4) is 17.4 Å². The lowest BCUT2D eigenvalue weighted by atomic mass is 10.0. The van der Waals surface area contributed by atoms with Crippen LogP contribution in [0.5, 0.6) is 17.4 Å². The first-order valence-electron chi connectivity index (χ1n) is 10.6. The van der Waals surface area contributed by atoms with Gasteiger partial charge in [0, 0.05) is 38.0 Å². The Morgan fingerprint density at radius 2 is 1.97 bits per heavy atom. The number of nitrogens with one attached hydrogen (secondary N) is 2. The normalized spacial score (nSPS) is 12.3. The Morgan fingerprint density at radius 3 is 2.63 bits per heavy atom.